The highest BCUT2D eigenvalue weighted by Crippen LogP contribution is 2.48. The molecule has 2 heterocycles. The predicted octanol–water partition coefficient (Wildman–Crippen LogP) is 5.45. The van der Waals surface area contributed by atoms with Gasteiger partial charge < -0.3 is 9.47 Å². The lowest BCUT2D eigenvalue weighted by molar-refractivity contribution is -0.139. The molecule has 0 N–H and O–H groups in total. The maximum Gasteiger partial charge on any atom is 0.318 e. The van der Waals surface area contributed by atoms with Gasteiger partial charge in [0.1, 0.15) is 35.7 Å². The fourth-order valence-electron chi connectivity index (χ4n) is 3.88. The van der Waals surface area contributed by atoms with Crippen LogP contribution in [0.25, 0.3) is 17.1 Å². The van der Waals surface area contributed by atoms with Crippen LogP contribution in [0.4, 0.5) is 8.78 Å². The van der Waals surface area contributed by atoms with Crippen molar-refractivity contribution in [2.75, 3.05) is 6.61 Å². The van der Waals surface area contributed by atoms with E-state index in [0.29, 0.717) is 28.2 Å². The lowest BCUT2D eigenvalue weighted by Gasteiger charge is -2.28. The molecule has 3 aromatic rings. The summed E-state index contributed by atoms with van der Waals surface area (Å²) >= 11 is 0. The molecule has 0 aliphatic carbocycles. The molecule has 1 unspecified atom stereocenters. The lowest BCUT2D eigenvalue weighted by atomic mass is 9.82. The number of esters is 1. The Balaban J connectivity index is 1.75. The van der Waals surface area contributed by atoms with Crippen molar-refractivity contribution < 1.29 is 23.0 Å². The van der Waals surface area contributed by atoms with Gasteiger partial charge in [0.05, 0.1) is 0 Å². The number of fused-ring (bicyclic) bond motifs is 1. The van der Waals surface area contributed by atoms with E-state index in [0.717, 1.165) is 11.1 Å². The molecule has 2 aliphatic heterocycles. The first kappa shape index (κ1) is 18.3. The van der Waals surface area contributed by atoms with E-state index in [1.54, 1.807) is 24.3 Å². The van der Waals surface area contributed by atoms with Crippen LogP contribution in [0.2, 0.25) is 0 Å². The van der Waals surface area contributed by atoms with Crippen LogP contribution >= 0.6 is 0 Å². The molecular weight excluding hydrogens is 386 g/mol. The van der Waals surface area contributed by atoms with E-state index in [1.807, 2.05) is 30.3 Å². The van der Waals surface area contributed by atoms with Crippen molar-refractivity contribution in [1.82, 2.24) is 0 Å². The first-order valence-electron chi connectivity index (χ1n) is 9.51. The molecule has 5 rings (SSSR count). The van der Waals surface area contributed by atoms with Gasteiger partial charge in [0.15, 0.2) is 0 Å². The molecule has 0 saturated carbocycles. The Bertz CT molecular complexity index is 1180. The minimum Gasteiger partial charge on any atom is -0.460 e. The van der Waals surface area contributed by atoms with Crippen molar-refractivity contribution in [2.24, 2.45) is 5.92 Å². The van der Waals surface area contributed by atoms with Crippen molar-refractivity contribution in [3.8, 4) is 0 Å². The van der Waals surface area contributed by atoms with Gasteiger partial charge in [0.2, 0.25) is 0 Å². The quantitative estimate of drug-likeness (QED) is 0.547. The molecule has 5 heteroatoms. The minimum atomic E-state index is -0.681. The van der Waals surface area contributed by atoms with E-state index in [1.165, 1.54) is 24.3 Å². The van der Waals surface area contributed by atoms with Crippen LogP contribution < -0.4 is 0 Å². The molecule has 3 nitrogen and oxygen atoms in total. The molecule has 0 spiro atoms. The van der Waals surface area contributed by atoms with Gasteiger partial charge in [-0.3, -0.25) is 4.79 Å². The second kappa shape index (κ2) is 7.26. The first-order chi connectivity index (χ1) is 14.6. The van der Waals surface area contributed by atoms with Crippen LogP contribution in [0, 0.1) is 17.6 Å². The van der Waals surface area contributed by atoms with Crippen molar-refractivity contribution in [1.29, 1.82) is 0 Å². The molecule has 30 heavy (non-hydrogen) atoms. The zero-order chi connectivity index (χ0) is 20.7. The smallest absolute Gasteiger partial charge is 0.318 e. The highest BCUT2D eigenvalue weighted by molar-refractivity contribution is 6.05. The monoisotopic (exact) mass is 402 g/mol. The highest BCUT2D eigenvalue weighted by Gasteiger charge is 2.43. The standard InChI is InChI=1S/C25H16F2O3/c26-18-10-6-15(7-11-18)21-22-20(14-29-25(22)28)23(16-4-2-1-3-5-16)30-24(21)17-8-12-19(27)13-9-17/h1-13,22H,14H2. The summed E-state index contributed by atoms with van der Waals surface area (Å²) in [7, 11) is 0. The highest BCUT2D eigenvalue weighted by atomic mass is 19.1. The summed E-state index contributed by atoms with van der Waals surface area (Å²) in [6.07, 6.45) is 0. The molecular formula is C25H16F2O3. The average Bonchev–Trinajstić information content (AvgIpc) is 3.16. The number of ether oxygens (including phenoxy) is 2. The third-order valence-corrected chi connectivity index (χ3v) is 5.28. The largest absolute Gasteiger partial charge is 0.460 e. The Morgan fingerprint density at radius 2 is 1.27 bits per heavy atom. The Kier molecular flexibility index (Phi) is 4.43. The molecule has 1 atom stereocenters. The van der Waals surface area contributed by atoms with Gasteiger partial charge in [0.25, 0.3) is 0 Å². The summed E-state index contributed by atoms with van der Waals surface area (Å²) < 4.78 is 38.9. The first-order valence-corrected chi connectivity index (χ1v) is 9.51. The maximum absolute atomic E-state index is 13.6. The summed E-state index contributed by atoms with van der Waals surface area (Å²) in [4.78, 5) is 12.8. The summed E-state index contributed by atoms with van der Waals surface area (Å²) in [6, 6.07) is 21.2. The Morgan fingerprint density at radius 1 is 0.700 bits per heavy atom. The number of carbonyl (C=O) groups excluding carboxylic acids is 1. The van der Waals surface area contributed by atoms with E-state index in [9.17, 15) is 13.6 Å². The number of carbonyl (C=O) groups is 1. The van der Waals surface area contributed by atoms with E-state index >= 15 is 0 Å². The van der Waals surface area contributed by atoms with Crippen LogP contribution in [0.5, 0.6) is 0 Å². The molecule has 148 valence electrons. The van der Waals surface area contributed by atoms with Gasteiger partial charge in [-0.25, -0.2) is 8.78 Å². The summed E-state index contributed by atoms with van der Waals surface area (Å²) in [5, 5.41) is 0. The normalized spacial score (nSPS) is 18.2. The van der Waals surface area contributed by atoms with Crippen LogP contribution in [0.15, 0.2) is 84.4 Å². The van der Waals surface area contributed by atoms with E-state index in [4.69, 9.17) is 9.47 Å². The number of hydrogen-bond acceptors (Lipinski definition) is 3. The third-order valence-electron chi connectivity index (χ3n) is 5.28. The van der Waals surface area contributed by atoms with Crippen molar-refractivity contribution in [3.63, 3.8) is 0 Å². The number of halogens is 2. The second-order valence-corrected chi connectivity index (χ2v) is 7.12. The SMILES string of the molecule is O=C1OCC2=C(c3ccccc3)OC(c3ccc(F)cc3)=C(c3ccc(F)cc3)C12. The molecule has 1 fully saturated rings. The predicted molar refractivity (Wildman–Crippen MR) is 109 cm³/mol. The van der Waals surface area contributed by atoms with E-state index < -0.39 is 5.92 Å². The fraction of sp³-hybridized carbons (Fsp3) is 0.0800. The van der Waals surface area contributed by atoms with Gasteiger partial charge in [-0.2, -0.15) is 0 Å². The molecule has 0 amide bonds. The number of benzene rings is 3. The van der Waals surface area contributed by atoms with Gasteiger partial charge in [-0.05, 0) is 42.0 Å². The molecule has 0 radical (unpaired) electrons. The maximum atomic E-state index is 13.6. The van der Waals surface area contributed by atoms with Gasteiger partial charge in [0, 0.05) is 22.3 Å². The van der Waals surface area contributed by atoms with Crippen molar-refractivity contribution >= 4 is 23.1 Å². The van der Waals surface area contributed by atoms with Gasteiger partial charge in [-0.1, -0.05) is 42.5 Å². The Hall–Kier alpha value is -3.73. The average molecular weight is 402 g/mol. The van der Waals surface area contributed by atoms with Crippen LogP contribution in [0.1, 0.15) is 16.7 Å². The molecule has 0 aromatic heterocycles. The van der Waals surface area contributed by atoms with E-state index in [-0.39, 0.29) is 24.2 Å². The van der Waals surface area contributed by atoms with Gasteiger partial charge in [-0.15, -0.1) is 0 Å². The van der Waals surface area contributed by atoms with Gasteiger partial charge >= 0.3 is 5.97 Å². The summed E-state index contributed by atoms with van der Waals surface area (Å²) in [6.45, 7) is 0.120. The summed E-state index contributed by atoms with van der Waals surface area (Å²) in [5.74, 6) is -0.850. The topological polar surface area (TPSA) is 35.5 Å². The van der Waals surface area contributed by atoms with Crippen LogP contribution in [-0.2, 0) is 14.3 Å². The fourth-order valence-corrected chi connectivity index (χ4v) is 3.88. The van der Waals surface area contributed by atoms with Crippen molar-refractivity contribution in [2.45, 2.75) is 0 Å². The number of cyclic esters (lactones) is 1. The van der Waals surface area contributed by atoms with Crippen molar-refractivity contribution in [3.05, 3.63) is 113 Å². The number of hydrogen-bond donors (Lipinski definition) is 0. The molecule has 0 bridgehead atoms. The van der Waals surface area contributed by atoms with E-state index in [2.05, 4.69) is 0 Å². The third kappa shape index (κ3) is 3.08. The zero-order valence-corrected chi connectivity index (χ0v) is 15.8. The summed E-state index contributed by atoms with van der Waals surface area (Å²) in [5.41, 5.74) is 3.37. The second-order valence-electron chi connectivity index (χ2n) is 7.12. The Labute approximate surface area is 171 Å². The number of rotatable bonds is 3. The molecule has 3 aromatic carbocycles. The van der Waals surface area contributed by atoms with Crippen LogP contribution in [0.3, 0.4) is 0 Å². The molecule has 2 aliphatic rings. The minimum absolute atomic E-state index is 0.120. The molecule has 1 saturated heterocycles. The lowest BCUT2D eigenvalue weighted by Crippen LogP contribution is -2.19. The Morgan fingerprint density at radius 3 is 1.90 bits per heavy atom. The van der Waals surface area contributed by atoms with Crippen LogP contribution in [-0.4, -0.2) is 12.6 Å². The zero-order valence-electron chi connectivity index (χ0n) is 15.8.